The topological polar surface area (TPSA) is 206 Å². The number of benzene rings is 2. The van der Waals surface area contributed by atoms with Crippen molar-refractivity contribution in [1.82, 2.24) is 9.88 Å². The number of non-ortho nitro benzene ring substituents is 2. The summed E-state index contributed by atoms with van der Waals surface area (Å²) in [5, 5.41) is 46.6. The van der Waals surface area contributed by atoms with E-state index in [0.29, 0.717) is 5.69 Å². The van der Waals surface area contributed by atoms with Gasteiger partial charge in [-0.2, -0.15) is 0 Å². The molecule has 0 saturated carbocycles. The standard InChI is InChI=1S/C20H18N4O6.Mo.2O/c25-19-6-4-17(23(27)28)9-14(19)11-22(13-16-3-1-2-8-21-16)12-15-10-18(24(29)30)5-7-20(15)26;;;/h1-10,25-26H,11-13H2;;;/q;;2*-2/p-2. The molecule has 3 rings (SSSR count). The van der Waals surface area contributed by atoms with Crippen molar-refractivity contribution in [1.29, 1.82) is 0 Å². The summed E-state index contributed by atoms with van der Waals surface area (Å²) in [6, 6.07) is 12.2. The van der Waals surface area contributed by atoms with Crippen LogP contribution in [0.3, 0.4) is 0 Å². The van der Waals surface area contributed by atoms with Gasteiger partial charge < -0.3 is 21.2 Å². The van der Waals surface area contributed by atoms with Gasteiger partial charge in [0.15, 0.2) is 0 Å². The Hall–Kier alpha value is -3.44. The van der Waals surface area contributed by atoms with E-state index in [9.17, 15) is 30.4 Å². The van der Waals surface area contributed by atoms with Crippen LogP contribution in [0.5, 0.6) is 11.5 Å². The number of rotatable bonds is 8. The molecule has 0 aliphatic carbocycles. The number of aromatic nitrogens is 1. The van der Waals surface area contributed by atoms with Crippen LogP contribution in [0.1, 0.15) is 16.8 Å². The largest absolute Gasteiger partial charge is 2.00 e. The first kappa shape index (κ1) is 29.6. The van der Waals surface area contributed by atoms with Gasteiger partial charge in [-0.05, 0) is 23.3 Å². The SMILES string of the molecule is O=[N+]([O-])c1ccc([O-])c(CN(Cc2ccccn2)Cc2cc([N+](=O)[O-])ccc2[O-])c1.[Mo].[O-2].[O-2]. The van der Waals surface area contributed by atoms with Gasteiger partial charge in [-0.3, -0.25) is 30.1 Å². The predicted molar refractivity (Wildman–Crippen MR) is 104 cm³/mol. The molecule has 12 nitrogen and oxygen atoms in total. The monoisotopic (exact) mass is 538 g/mol. The van der Waals surface area contributed by atoms with Crippen LogP contribution >= 0.6 is 0 Å². The molecule has 0 saturated heterocycles. The van der Waals surface area contributed by atoms with Crippen LogP contribution in [-0.4, -0.2) is 19.7 Å². The Morgan fingerprint density at radius 1 is 0.758 bits per heavy atom. The zero-order valence-electron chi connectivity index (χ0n) is 16.9. The Labute approximate surface area is 202 Å². The molecular weight excluding hydrogens is 520 g/mol. The van der Waals surface area contributed by atoms with Gasteiger partial charge in [0, 0.05) is 71.2 Å². The van der Waals surface area contributed by atoms with E-state index in [1.54, 1.807) is 29.3 Å². The molecule has 0 bridgehead atoms. The second kappa shape index (κ2) is 13.2. The predicted octanol–water partition coefficient (Wildman–Crippen LogP) is 2.01. The minimum Gasteiger partial charge on any atom is -2.00 e. The van der Waals surface area contributed by atoms with Crippen LogP contribution < -0.4 is 10.2 Å². The van der Waals surface area contributed by atoms with Crippen molar-refractivity contribution >= 4 is 11.4 Å². The fourth-order valence-electron chi connectivity index (χ4n) is 2.98. The molecule has 3 aromatic rings. The zero-order chi connectivity index (χ0) is 21.7. The molecule has 13 heteroatoms. The molecule has 0 N–H and O–H groups in total. The summed E-state index contributed by atoms with van der Waals surface area (Å²) in [5.41, 5.74) is 0.564. The minimum atomic E-state index is -0.595. The molecule has 2 aromatic carbocycles. The summed E-state index contributed by atoms with van der Waals surface area (Å²) in [6.07, 6.45) is 1.59. The maximum absolute atomic E-state index is 12.2. The summed E-state index contributed by atoms with van der Waals surface area (Å²) in [6.45, 7) is 0.226. The van der Waals surface area contributed by atoms with Crippen LogP contribution in [0.4, 0.5) is 11.4 Å². The van der Waals surface area contributed by atoms with Crippen molar-refractivity contribution in [3.05, 3.63) is 97.8 Å². The zero-order valence-corrected chi connectivity index (χ0v) is 18.9. The summed E-state index contributed by atoms with van der Waals surface area (Å²) in [5.74, 6) is -0.763. The van der Waals surface area contributed by atoms with E-state index in [-0.39, 0.29) is 85.7 Å². The molecule has 33 heavy (non-hydrogen) atoms. The normalized spacial score (nSPS) is 9.85. The van der Waals surface area contributed by atoms with Crippen molar-refractivity contribution in [2.24, 2.45) is 0 Å². The number of nitro benzene ring substituents is 2. The van der Waals surface area contributed by atoms with Crippen LogP contribution in [0.25, 0.3) is 0 Å². The van der Waals surface area contributed by atoms with Crippen LogP contribution in [0, 0.1) is 20.2 Å². The molecular formula is C20H16MoN4O8-6. The summed E-state index contributed by atoms with van der Waals surface area (Å²) in [4.78, 5) is 26.8. The Kier molecular flexibility index (Phi) is 11.8. The third-order valence-corrected chi connectivity index (χ3v) is 4.41. The fraction of sp³-hybridized carbons (Fsp3) is 0.150. The summed E-state index contributed by atoms with van der Waals surface area (Å²) < 4.78 is 0. The van der Waals surface area contributed by atoms with Crippen molar-refractivity contribution < 1.29 is 52.1 Å². The molecule has 0 spiro atoms. The van der Waals surface area contributed by atoms with E-state index >= 15 is 0 Å². The van der Waals surface area contributed by atoms with Gasteiger partial charge in [-0.25, -0.2) is 0 Å². The average Bonchev–Trinajstić information content (AvgIpc) is 2.71. The number of nitro groups is 2. The van der Waals surface area contributed by atoms with Crippen LogP contribution in [0.15, 0.2) is 60.8 Å². The van der Waals surface area contributed by atoms with Crippen molar-refractivity contribution in [2.75, 3.05) is 0 Å². The third kappa shape index (κ3) is 7.88. The van der Waals surface area contributed by atoms with Crippen LogP contribution in [0.2, 0.25) is 0 Å². The van der Waals surface area contributed by atoms with Crippen LogP contribution in [-0.2, 0) is 51.7 Å². The Bertz CT molecular complexity index is 1020. The Balaban J connectivity index is 0.00000341. The average molecular weight is 536 g/mol. The maximum atomic E-state index is 12.2. The maximum Gasteiger partial charge on any atom is 0.269 e. The van der Waals surface area contributed by atoms with E-state index in [1.165, 1.54) is 12.1 Å². The van der Waals surface area contributed by atoms with Gasteiger partial charge >= 0.3 is 0 Å². The molecule has 0 radical (unpaired) electrons. The molecule has 0 amide bonds. The number of hydrogen-bond acceptors (Lipinski definition) is 8. The molecule has 1 heterocycles. The summed E-state index contributed by atoms with van der Waals surface area (Å²) in [7, 11) is 0. The van der Waals surface area contributed by atoms with Gasteiger partial charge in [0.25, 0.3) is 11.4 Å². The van der Waals surface area contributed by atoms with Gasteiger partial charge in [0.05, 0.1) is 15.5 Å². The van der Waals surface area contributed by atoms with Crippen molar-refractivity contribution in [3.63, 3.8) is 0 Å². The smallest absolute Gasteiger partial charge is 0.269 e. The van der Waals surface area contributed by atoms with Gasteiger partial charge in [0.2, 0.25) is 0 Å². The second-order valence-corrected chi connectivity index (χ2v) is 6.56. The van der Waals surface area contributed by atoms with Gasteiger partial charge in [-0.15, -0.1) is 11.5 Å². The summed E-state index contributed by atoms with van der Waals surface area (Å²) >= 11 is 0. The van der Waals surface area contributed by atoms with Crippen molar-refractivity contribution in [3.8, 4) is 11.5 Å². The quantitative estimate of drug-likeness (QED) is 0.236. The first-order chi connectivity index (χ1) is 14.3. The number of hydrogen-bond donors (Lipinski definition) is 0. The second-order valence-electron chi connectivity index (χ2n) is 6.56. The number of nitrogens with zero attached hydrogens (tertiary/aromatic N) is 4. The van der Waals surface area contributed by atoms with E-state index in [2.05, 4.69) is 4.98 Å². The number of pyridine rings is 1. The van der Waals surface area contributed by atoms with Gasteiger partial charge in [0.1, 0.15) is 0 Å². The van der Waals surface area contributed by atoms with Gasteiger partial charge in [-0.1, -0.05) is 18.2 Å². The Morgan fingerprint density at radius 2 is 1.24 bits per heavy atom. The van der Waals surface area contributed by atoms with E-state index < -0.39 is 9.85 Å². The van der Waals surface area contributed by atoms with E-state index in [4.69, 9.17) is 0 Å². The van der Waals surface area contributed by atoms with Crippen molar-refractivity contribution in [2.45, 2.75) is 19.6 Å². The molecule has 0 aliphatic rings. The molecule has 176 valence electrons. The molecule has 0 aliphatic heterocycles. The van der Waals surface area contributed by atoms with E-state index in [1.807, 2.05) is 0 Å². The molecule has 0 fully saturated rings. The molecule has 0 unspecified atom stereocenters. The Morgan fingerprint density at radius 3 is 1.64 bits per heavy atom. The van der Waals surface area contributed by atoms with E-state index in [0.717, 1.165) is 24.3 Å². The molecule has 1 aromatic heterocycles. The fourth-order valence-corrected chi connectivity index (χ4v) is 2.98. The minimum absolute atomic E-state index is 0. The third-order valence-electron chi connectivity index (χ3n) is 4.41. The first-order valence-electron chi connectivity index (χ1n) is 8.84. The first-order valence-corrected chi connectivity index (χ1v) is 8.84. The molecule has 0 atom stereocenters.